The number of pyridine rings is 1. The lowest BCUT2D eigenvalue weighted by molar-refractivity contribution is -0.139. The normalized spacial score (nSPS) is 12.1. The molecule has 2 N–H and O–H groups in total. The van der Waals surface area contributed by atoms with Crippen molar-refractivity contribution in [2.75, 3.05) is 5.73 Å². The number of fused-ring (bicyclic) bond motifs is 2. The second-order valence-corrected chi connectivity index (χ2v) is 8.02. The minimum absolute atomic E-state index is 0.00618. The molecule has 0 radical (unpaired) electrons. The zero-order valence-electron chi connectivity index (χ0n) is 17.7. The number of hydrogen-bond acceptors (Lipinski definition) is 4. The topological polar surface area (TPSA) is 69.6 Å². The predicted octanol–water partition coefficient (Wildman–Crippen LogP) is 5.80. The van der Waals surface area contributed by atoms with Crippen LogP contribution in [0.5, 0.6) is 0 Å². The molecule has 0 aliphatic carbocycles. The fourth-order valence-electron chi connectivity index (χ4n) is 4.12. The molecule has 3 aromatic heterocycles. The number of anilines is 1. The van der Waals surface area contributed by atoms with Crippen LogP contribution in [-0.2, 0) is 13.0 Å². The van der Waals surface area contributed by atoms with Gasteiger partial charge in [-0.1, -0.05) is 12.1 Å². The van der Waals surface area contributed by atoms with E-state index in [9.17, 15) is 22.0 Å². The summed E-state index contributed by atoms with van der Waals surface area (Å²) >= 11 is 0. The Labute approximate surface area is 193 Å². The third-order valence-corrected chi connectivity index (χ3v) is 5.53. The number of nitrogens with zero attached hydrogens (tertiary/aromatic N) is 4. The van der Waals surface area contributed by atoms with E-state index >= 15 is 4.39 Å². The number of nitrogen functional groups attached to an aromatic ring is 1. The molecule has 0 saturated carbocycles. The number of alkyl halides is 3. The van der Waals surface area contributed by atoms with Crippen molar-refractivity contribution < 1.29 is 26.3 Å². The highest BCUT2D eigenvalue weighted by molar-refractivity contribution is 6.02. The monoisotopic (exact) mass is 487 g/mol. The summed E-state index contributed by atoms with van der Waals surface area (Å²) < 4.78 is 82.7. The number of aromatic nitrogens is 4. The second-order valence-electron chi connectivity index (χ2n) is 8.02. The molecular weight excluding hydrogens is 472 g/mol. The summed E-state index contributed by atoms with van der Waals surface area (Å²) in [5.41, 5.74) is 6.78. The number of hydrogen-bond donors (Lipinski definition) is 1. The fraction of sp³-hybridized carbons (Fsp3) is 0.125. The highest BCUT2D eigenvalue weighted by Gasteiger charge is 2.30. The van der Waals surface area contributed by atoms with Crippen LogP contribution in [0.25, 0.3) is 32.9 Å². The van der Waals surface area contributed by atoms with Gasteiger partial charge in [-0.3, -0.25) is 4.98 Å². The Hall–Kier alpha value is -4.15. The first-order chi connectivity index (χ1) is 16.6. The maximum absolute atomic E-state index is 15.6. The van der Waals surface area contributed by atoms with Crippen molar-refractivity contribution in [3.63, 3.8) is 0 Å². The van der Waals surface area contributed by atoms with E-state index in [0.29, 0.717) is 16.6 Å². The highest BCUT2D eigenvalue weighted by atomic mass is 19.4. The van der Waals surface area contributed by atoms with E-state index < -0.39 is 30.2 Å². The molecule has 11 heteroatoms. The quantitative estimate of drug-likeness (QED) is 0.326. The Morgan fingerprint density at radius 2 is 1.63 bits per heavy atom. The van der Waals surface area contributed by atoms with Crippen molar-refractivity contribution in [2.24, 2.45) is 0 Å². The average molecular weight is 487 g/mol. The molecule has 0 amide bonds. The maximum Gasteiger partial charge on any atom is 0.406 e. The van der Waals surface area contributed by atoms with Crippen LogP contribution in [0.15, 0.2) is 55.1 Å². The second kappa shape index (κ2) is 8.26. The van der Waals surface area contributed by atoms with Crippen LogP contribution in [-0.4, -0.2) is 25.7 Å². The average Bonchev–Trinajstić information content (AvgIpc) is 3.11. The van der Waals surface area contributed by atoms with Crippen molar-refractivity contribution in [3.8, 4) is 11.1 Å². The van der Waals surface area contributed by atoms with E-state index in [4.69, 9.17) is 5.73 Å². The molecule has 0 aliphatic heterocycles. The molecule has 0 spiro atoms. The molecular formula is C24H15F6N5. The summed E-state index contributed by atoms with van der Waals surface area (Å²) in [6.07, 6.45) is -0.953. The van der Waals surface area contributed by atoms with Gasteiger partial charge in [0, 0.05) is 47.1 Å². The van der Waals surface area contributed by atoms with Gasteiger partial charge >= 0.3 is 6.18 Å². The third kappa shape index (κ3) is 4.36. The molecule has 0 unspecified atom stereocenters. The molecule has 0 saturated heterocycles. The molecule has 5 rings (SSSR count). The number of benzene rings is 2. The fourth-order valence-corrected chi connectivity index (χ4v) is 4.12. The molecule has 5 nitrogen and oxygen atoms in total. The first-order valence-corrected chi connectivity index (χ1v) is 10.3. The summed E-state index contributed by atoms with van der Waals surface area (Å²) in [5.74, 6) is -2.23. The van der Waals surface area contributed by atoms with Crippen LogP contribution >= 0.6 is 0 Å². The van der Waals surface area contributed by atoms with Crippen LogP contribution in [0.1, 0.15) is 11.3 Å². The van der Waals surface area contributed by atoms with Crippen molar-refractivity contribution in [1.29, 1.82) is 0 Å². The first-order valence-electron chi connectivity index (χ1n) is 10.3. The van der Waals surface area contributed by atoms with Crippen molar-refractivity contribution in [2.45, 2.75) is 19.1 Å². The highest BCUT2D eigenvalue weighted by Crippen LogP contribution is 2.37. The zero-order chi connectivity index (χ0) is 24.9. The SMILES string of the molecule is Nc1ncnc2c1c(-c1ccc3cc(Cc4cc(F)cc(F)c4)ncc3c1F)cn2CC(F)(F)F. The van der Waals surface area contributed by atoms with Gasteiger partial charge in [0.05, 0.1) is 5.39 Å². The lowest BCUT2D eigenvalue weighted by atomic mass is 10.00. The van der Waals surface area contributed by atoms with E-state index in [-0.39, 0.29) is 39.8 Å². The third-order valence-electron chi connectivity index (χ3n) is 5.53. The summed E-state index contributed by atoms with van der Waals surface area (Å²) in [7, 11) is 0. The van der Waals surface area contributed by atoms with E-state index in [0.717, 1.165) is 23.2 Å². The lowest BCUT2D eigenvalue weighted by Gasteiger charge is -2.09. The maximum atomic E-state index is 15.6. The zero-order valence-corrected chi connectivity index (χ0v) is 17.7. The van der Waals surface area contributed by atoms with Gasteiger partial charge in [-0.05, 0) is 29.1 Å². The van der Waals surface area contributed by atoms with Gasteiger partial charge in [0.25, 0.3) is 0 Å². The van der Waals surface area contributed by atoms with Gasteiger partial charge in [0.2, 0.25) is 0 Å². The van der Waals surface area contributed by atoms with Crippen molar-refractivity contribution >= 4 is 27.6 Å². The first kappa shape index (κ1) is 22.6. The Kier molecular flexibility index (Phi) is 5.34. The van der Waals surface area contributed by atoms with Gasteiger partial charge in [0.15, 0.2) is 0 Å². The minimum atomic E-state index is -4.53. The number of nitrogens with two attached hydrogens (primary N) is 1. The van der Waals surface area contributed by atoms with Gasteiger partial charge < -0.3 is 10.3 Å². The van der Waals surface area contributed by atoms with Crippen LogP contribution in [0.4, 0.5) is 32.2 Å². The van der Waals surface area contributed by atoms with Gasteiger partial charge in [0.1, 0.15) is 41.8 Å². The van der Waals surface area contributed by atoms with Crippen molar-refractivity contribution in [1.82, 2.24) is 19.5 Å². The van der Waals surface area contributed by atoms with Crippen LogP contribution in [0.3, 0.4) is 0 Å². The van der Waals surface area contributed by atoms with E-state index in [1.54, 1.807) is 12.1 Å². The molecule has 2 aromatic carbocycles. The Morgan fingerprint density at radius 3 is 2.34 bits per heavy atom. The van der Waals surface area contributed by atoms with E-state index in [2.05, 4.69) is 15.0 Å². The number of halogens is 6. The van der Waals surface area contributed by atoms with Gasteiger partial charge in [-0.15, -0.1) is 0 Å². The summed E-state index contributed by atoms with van der Waals surface area (Å²) in [5, 5.41) is 0.674. The molecule has 0 aliphatic rings. The standard InChI is InChI=1S/C24H15F6N5/c25-14-3-12(4-15(26)7-14)5-16-6-13-1-2-17(21(27)18(13)8-32-16)19-9-35(10-24(28,29)30)23-20(19)22(31)33-11-34-23/h1-4,6-9,11H,5,10H2,(H2,31,33,34). The summed E-state index contributed by atoms with van der Waals surface area (Å²) in [6, 6.07) is 7.71. The lowest BCUT2D eigenvalue weighted by Crippen LogP contribution is -2.17. The summed E-state index contributed by atoms with van der Waals surface area (Å²) in [6.45, 7) is -1.33. The van der Waals surface area contributed by atoms with Gasteiger partial charge in [-0.25, -0.2) is 23.1 Å². The molecule has 178 valence electrons. The smallest absolute Gasteiger partial charge is 0.383 e. The predicted molar refractivity (Wildman–Crippen MR) is 118 cm³/mol. The Bertz CT molecular complexity index is 1570. The van der Waals surface area contributed by atoms with Crippen LogP contribution in [0.2, 0.25) is 0 Å². The van der Waals surface area contributed by atoms with Crippen molar-refractivity contribution in [3.05, 3.63) is 83.8 Å². The molecule has 0 atom stereocenters. The minimum Gasteiger partial charge on any atom is -0.383 e. The number of rotatable bonds is 4. The largest absolute Gasteiger partial charge is 0.406 e. The molecule has 5 aromatic rings. The van der Waals surface area contributed by atoms with E-state index in [1.807, 2.05) is 0 Å². The van der Waals surface area contributed by atoms with Crippen LogP contribution < -0.4 is 5.73 Å². The Morgan fingerprint density at radius 1 is 0.886 bits per heavy atom. The molecule has 0 bridgehead atoms. The van der Waals surface area contributed by atoms with Crippen LogP contribution in [0, 0.1) is 17.5 Å². The summed E-state index contributed by atoms with van der Waals surface area (Å²) in [4.78, 5) is 12.0. The Balaban J connectivity index is 1.59. The molecule has 0 fully saturated rings. The molecule has 3 heterocycles. The van der Waals surface area contributed by atoms with Gasteiger partial charge in [-0.2, -0.15) is 13.2 Å². The molecule has 35 heavy (non-hydrogen) atoms. The van der Waals surface area contributed by atoms with E-state index in [1.165, 1.54) is 24.4 Å².